The lowest BCUT2D eigenvalue weighted by molar-refractivity contribution is 0.0986. The summed E-state index contributed by atoms with van der Waals surface area (Å²) < 4.78 is 2.74. The zero-order chi connectivity index (χ0) is 14.2. The molecule has 0 aliphatic carbocycles. The van der Waals surface area contributed by atoms with E-state index in [-0.39, 0.29) is 5.91 Å². The summed E-state index contributed by atoms with van der Waals surface area (Å²) in [6.07, 6.45) is 0. The molecule has 19 heavy (non-hydrogen) atoms. The van der Waals surface area contributed by atoms with Crippen molar-refractivity contribution in [3.63, 3.8) is 0 Å². The summed E-state index contributed by atoms with van der Waals surface area (Å²) in [5.41, 5.74) is 8.71. The Bertz CT molecular complexity index is 634. The number of carbonyl (C=O) groups excluding carboxylic acids is 1. The van der Waals surface area contributed by atoms with Crippen LogP contribution in [0.2, 0.25) is 0 Å². The Balaban J connectivity index is 2.39. The molecule has 0 atom stereocenters. The van der Waals surface area contributed by atoms with Crippen molar-refractivity contribution >= 4 is 33.2 Å². The van der Waals surface area contributed by atoms with Gasteiger partial charge < -0.3 is 15.2 Å². The quantitative estimate of drug-likeness (QED) is 0.924. The molecule has 0 unspecified atom stereocenters. The average Bonchev–Trinajstić information content (AvgIpc) is 2.61. The molecule has 1 amide bonds. The van der Waals surface area contributed by atoms with Crippen LogP contribution < -0.4 is 10.6 Å². The number of anilines is 2. The maximum absolute atomic E-state index is 12.5. The zero-order valence-corrected chi connectivity index (χ0v) is 12.7. The lowest BCUT2D eigenvalue weighted by Gasteiger charge is -2.18. The van der Waals surface area contributed by atoms with E-state index in [1.807, 2.05) is 48.9 Å². The molecule has 1 aromatic carbocycles. The minimum absolute atomic E-state index is 0.119. The normalized spacial score (nSPS) is 10.5. The van der Waals surface area contributed by atoms with Crippen LogP contribution >= 0.6 is 15.9 Å². The molecule has 2 aromatic rings. The first-order valence-electron chi connectivity index (χ1n) is 5.87. The van der Waals surface area contributed by atoms with Gasteiger partial charge in [0.15, 0.2) is 0 Å². The Morgan fingerprint density at radius 3 is 2.58 bits per heavy atom. The summed E-state index contributed by atoms with van der Waals surface area (Å²) in [5.74, 6) is -0.119. The van der Waals surface area contributed by atoms with Crippen molar-refractivity contribution in [3.05, 3.63) is 46.2 Å². The molecule has 0 fully saturated rings. The van der Waals surface area contributed by atoms with Crippen LogP contribution in [-0.4, -0.2) is 17.5 Å². The number of aromatic nitrogens is 1. The third kappa shape index (κ3) is 2.51. The van der Waals surface area contributed by atoms with Crippen molar-refractivity contribution in [3.8, 4) is 0 Å². The predicted molar refractivity (Wildman–Crippen MR) is 81.4 cm³/mol. The Hall–Kier alpha value is -1.75. The van der Waals surface area contributed by atoms with Gasteiger partial charge in [0.1, 0.15) is 5.69 Å². The first kappa shape index (κ1) is 13.7. The number of rotatable bonds is 2. The highest BCUT2D eigenvalue weighted by Gasteiger charge is 2.20. The van der Waals surface area contributed by atoms with Gasteiger partial charge in [-0.15, -0.1) is 0 Å². The van der Waals surface area contributed by atoms with E-state index in [0.29, 0.717) is 11.4 Å². The Morgan fingerprint density at radius 1 is 1.37 bits per heavy atom. The summed E-state index contributed by atoms with van der Waals surface area (Å²) in [6.45, 7) is 1.92. The topological polar surface area (TPSA) is 51.3 Å². The summed E-state index contributed by atoms with van der Waals surface area (Å²) in [6, 6.07) is 9.39. The molecular weight excluding hydrogens is 306 g/mol. The van der Waals surface area contributed by atoms with Gasteiger partial charge in [0, 0.05) is 29.9 Å². The molecule has 1 aromatic heterocycles. The molecule has 0 spiro atoms. The molecule has 2 N–H and O–H groups in total. The van der Waals surface area contributed by atoms with E-state index >= 15 is 0 Å². The number of hydrogen-bond acceptors (Lipinski definition) is 2. The van der Waals surface area contributed by atoms with E-state index < -0.39 is 0 Å². The van der Waals surface area contributed by atoms with Crippen LogP contribution in [0.15, 0.2) is 34.8 Å². The highest BCUT2D eigenvalue weighted by atomic mass is 79.9. The van der Waals surface area contributed by atoms with E-state index in [2.05, 4.69) is 15.9 Å². The second kappa shape index (κ2) is 5.09. The molecule has 100 valence electrons. The highest BCUT2D eigenvalue weighted by molar-refractivity contribution is 9.10. The van der Waals surface area contributed by atoms with Gasteiger partial charge in [-0.25, -0.2) is 0 Å². The van der Waals surface area contributed by atoms with Crippen molar-refractivity contribution in [2.45, 2.75) is 6.92 Å². The minimum atomic E-state index is -0.119. The van der Waals surface area contributed by atoms with Crippen LogP contribution in [0, 0.1) is 6.92 Å². The molecule has 1 heterocycles. The van der Waals surface area contributed by atoms with Gasteiger partial charge in [0.05, 0.1) is 5.69 Å². The van der Waals surface area contributed by atoms with E-state index in [1.165, 1.54) is 0 Å². The third-order valence-corrected chi connectivity index (χ3v) is 3.70. The first-order valence-corrected chi connectivity index (χ1v) is 6.66. The monoisotopic (exact) mass is 321 g/mol. The van der Waals surface area contributed by atoms with Crippen molar-refractivity contribution in [1.29, 1.82) is 0 Å². The second-order valence-electron chi connectivity index (χ2n) is 4.49. The molecule has 0 aliphatic heterocycles. The smallest absolute Gasteiger partial charge is 0.276 e. The number of aryl methyl sites for hydroxylation is 1. The minimum Gasteiger partial charge on any atom is -0.397 e. The van der Waals surface area contributed by atoms with E-state index in [4.69, 9.17) is 5.73 Å². The van der Waals surface area contributed by atoms with Crippen LogP contribution in [0.4, 0.5) is 11.4 Å². The Morgan fingerprint density at radius 2 is 2.05 bits per heavy atom. The zero-order valence-electron chi connectivity index (χ0n) is 11.1. The number of halogens is 1. The number of hydrogen-bond donors (Lipinski definition) is 1. The lowest BCUT2D eigenvalue weighted by atomic mass is 10.2. The SMILES string of the molecule is Cc1cc(N)c(C(=O)N(C)c2cccc(Br)c2)n1C. The molecule has 0 aliphatic rings. The number of nitrogens with zero attached hydrogens (tertiary/aromatic N) is 2. The summed E-state index contributed by atoms with van der Waals surface area (Å²) in [4.78, 5) is 14.1. The fourth-order valence-corrected chi connectivity index (χ4v) is 2.38. The summed E-state index contributed by atoms with van der Waals surface area (Å²) in [7, 11) is 3.58. The first-order chi connectivity index (χ1) is 8.91. The second-order valence-corrected chi connectivity index (χ2v) is 5.41. The van der Waals surface area contributed by atoms with Crippen molar-refractivity contribution < 1.29 is 4.79 Å². The Labute approximate surface area is 120 Å². The largest absolute Gasteiger partial charge is 0.397 e. The van der Waals surface area contributed by atoms with Crippen LogP contribution in [0.5, 0.6) is 0 Å². The molecule has 0 radical (unpaired) electrons. The van der Waals surface area contributed by atoms with Crippen LogP contribution in [0.3, 0.4) is 0 Å². The molecule has 0 saturated carbocycles. The number of nitrogen functional groups attached to an aromatic ring is 1. The Kier molecular flexibility index (Phi) is 3.66. The van der Waals surface area contributed by atoms with Crippen LogP contribution in [0.1, 0.15) is 16.2 Å². The van der Waals surface area contributed by atoms with Gasteiger partial charge in [0.2, 0.25) is 0 Å². The molecule has 5 heteroatoms. The summed E-state index contributed by atoms with van der Waals surface area (Å²) >= 11 is 3.40. The number of benzene rings is 1. The van der Waals surface area contributed by atoms with Crippen LogP contribution in [0.25, 0.3) is 0 Å². The van der Waals surface area contributed by atoms with Crippen LogP contribution in [-0.2, 0) is 7.05 Å². The maximum atomic E-state index is 12.5. The molecular formula is C14H16BrN3O. The lowest BCUT2D eigenvalue weighted by Crippen LogP contribution is -2.28. The molecule has 0 bridgehead atoms. The molecule has 4 nitrogen and oxygen atoms in total. The molecule has 2 rings (SSSR count). The fourth-order valence-electron chi connectivity index (χ4n) is 1.99. The number of carbonyl (C=O) groups is 1. The maximum Gasteiger partial charge on any atom is 0.276 e. The standard InChI is InChI=1S/C14H16BrN3O/c1-9-7-12(16)13(17(9)2)14(19)18(3)11-6-4-5-10(15)8-11/h4-8H,16H2,1-3H3. The summed E-state index contributed by atoms with van der Waals surface area (Å²) in [5, 5.41) is 0. The van der Waals surface area contributed by atoms with Gasteiger partial charge in [-0.3, -0.25) is 4.79 Å². The van der Waals surface area contributed by atoms with E-state index in [9.17, 15) is 4.79 Å². The van der Waals surface area contributed by atoms with Gasteiger partial charge in [-0.1, -0.05) is 22.0 Å². The van der Waals surface area contributed by atoms with Gasteiger partial charge in [0.25, 0.3) is 5.91 Å². The van der Waals surface area contributed by atoms with E-state index in [1.54, 1.807) is 11.9 Å². The highest BCUT2D eigenvalue weighted by Crippen LogP contribution is 2.23. The van der Waals surface area contributed by atoms with Crippen molar-refractivity contribution in [2.24, 2.45) is 7.05 Å². The average molecular weight is 322 g/mol. The predicted octanol–water partition coefficient (Wildman–Crippen LogP) is 2.95. The third-order valence-electron chi connectivity index (χ3n) is 3.21. The molecule has 0 saturated heterocycles. The van der Waals surface area contributed by atoms with Crippen molar-refractivity contribution in [1.82, 2.24) is 4.57 Å². The number of amides is 1. The fraction of sp³-hybridized carbons (Fsp3) is 0.214. The van der Waals surface area contributed by atoms with Gasteiger partial charge in [-0.2, -0.15) is 0 Å². The van der Waals surface area contributed by atoms with Gasteiger partial charge >= 0.3 is 0 Å². The van der Waals surface area contributed by atoms with E-state index in [0.717, 1.165) is 15.9 Å². The van der Waals surface area contributed by atoms with Gasteiger partial charge in [-0.05, 0) is 31.2 Å². The number of nitrogens with two attached hydrogens (primary N) is 1. The van der Waals surface area contributed by atoms with Crippen molar-refractivity contribution in [2.75, 3.05) is 17.7 Å².